The number of aliphatic carboxylic acids is 1. The third-order valence-electron chi connectivity index (χ3n) is 4.98. The van der Waals surface area contributed by atoms with Gasteiger partial charge >= 0.3 is 5.97 Å². The molecule has 1 fully saturated rings. The van der Waals surface area contributed by atoms with Crippen LogP contribution in [0.2, 0.25) is 0 Å². The summed E-state index contributed by atoms with van der Waals surface area (Å²) >= 11 is 1.35. The first-order valence-corrected chi connectivity index (χ1v) is 10.2. The minimum absolute atomic E-state index is 0.00407. The maximum atomic E-state index is 13.1. The topological polar surface area (TPSA) is 90.0 Å². The van der Waals surface area contributed by atoms with Crippen molar-refractivity contribution in [2.45, 2.75) is 45.2 Å². The van der Waals surface area contributed by atoms with Gasteiger partial charge in [0.25, 0.3) is 5.91 Å². The number of likely N-dealkylation sites (N-methyl/N-ethyl adjacent to an activating group) is 1. The largest absolute Gasteiger partial charge is 0.480 e. The van der Waals surface area contributed by atoms with Crippen molar-refractivity contribution in [3.63, 3.8) is 0 Å². The first kappa shape index (κ1) is 21.4. The second kappa shape index (κ2) is 9.85. The first-order valence-electron chi connectivity index (χ1n) is 9.34. The number of carboxylic acids is 1. The van der Waals surface area contributed by atoms with Crippen molar-refractivity contribution in [3.05, 3.63) is 22.4 Å². The molecule has 1 aromatic heterocycles. The lowest BCUT2D eigenvalue weighted by Gasteiger charge is -2.29. The number of hydrogen-bond donors (Lipinski definition) is 2. The summed E-state index contributed by atoms with van der Waals surface area (Å²) in [6.45, 7) is 5.07. The molecule has 2 heterocycles. The number of rotatable bonds is 7. The van der Waals surface area contributed by atoms with Gasteiger partial charge in [-0.25, -0.2) is 0 Å². The molecule has 150 valence electrons. The summed E-state index contributed by atoms with van der Waals surface area (Å²) < 4.78 is 0. The predicted octanol–water partition coefficient (Wildman–Crippen LogP) is 1.90. The number of nitrogens with one attached hydrogen (secondary N) is 1. The van der Waals surface area contributed by atoms with Crippen LogP contribution in [0.15, 0.2) is 17.5 Å². The van der Waals surface area contributed by atoms with Crippen molar-refractivity contribution < 1.29 is 19.5 Å². The third-order valence-corrected chi connectivity index (χ3v) is 5.85. The Balaban J connectivity index is 1.99. The van der Waals surface area contributed by atoms with Crippen LogP contribution in [0.25, 0.3) is 0 Å². The number of amides is 2. The molecule has 8 heteroatoms. The van der Waals surface area contributed by atoms with Crippen LogP contribution in [0.3, 0.4) is 0 Å². The van der Waals surface area contributed by atoms with Gasteiger partial charge in [0.15, 0.2) is 0 Å². The highest BCUT2D eigenvalue weighted by Gasteiger charge is 2.31. The quantitative estimate of drug-likeness (QED) is 0.736. The molecule has 1 saturated heterocycles. The molecule has 0 aliphatic carbocycles. The molecule has 2 unspecified atom stereocenters. The highest BCUT2D eigenvalue weighted by molar-refractivity contribution is 7.12. The molecule has 0 radical (unpaired) electrons. The lowest BCUT2D eigenvalue weighted by Crippen LogP contribution is -2.51. The van der Waals surface area contributed by atoms with Gasteiger partial charge in [-0.05, 0) is 43.7 Å². The van der Waals surface area contributed by atoms with Gasteiger partial charge in [-0.1, -0.05) is 19.9 Å². The average Bonchev–Trinajstić information content (AvgIpc) is 3.02. The van der Waals surface area contributed by atoms with Crippen LogP contribution in [0, 0.1) is 5.92 Å². The van der Waals surface area contributed by atoms with Gasteiger partial charge < -0.3 is 15.3 Å². The number of nitrogens with zero attached hydrogens (tertiary/aromatic N) is 2. The van der Waals surface area contributed by atoms with Crippen molar-refractivity contribution in [2.75, 3.05) is 26.7 Å². The number of carboxylic acid groups (broad SMARTS) is 1. The molecule has 1 aliphatic rings. The number of likely N-dealkylation sites (tertiary alicyclic amines) is 1. The molecule has 7 nitrogen and oxygen atoms in total. The summed E-state index contributed by atoms with van der Waals surface area (Å²) in [5, 5.41) is 13.7. The van der Waals surface area contributed by atoms with Crippen LogP contribution < -0.4 is 5.32 Å². The molecule has 0 aromatic carbocycles. The van der Waals surface area contributed by atoms with Crippen molar-refractivity contribution in [2.24, 2.45) is 5.92 Å². The molecule has 0 spiro atoms. The normalized spacial score (nSPS) is 19.0. The summed E-state index contributed by atoms with van der Waals surface area (Å²) in [6.07, 6.45) is 2.42. The highest BCUT2D eigenvalue weighted by atomic mass is 32.1. The van der Waals surface area contributed by atoms with E-state index < -0.39 is 12.0 Å². The van der Waals surface area contributed by atoms with Gasteiger partial charge in [-0.15, -0.1) is 11.3 Å². The monoisotopic (exact) mass is 395 g/mol. The molecule has 0 bridgehead atoms. The Morgan fingerprint density at radius 2 is 2.07 bits per heavy atom. The number of carbonyl (C=O) groups excluding carboxylic acids is 2. The van der Waals surface area contributed by atoms with Crippen LogP contribution in [0.4, 0.5) is 0 Å². The second-order valence-corrected chi connectivity index (χ2v) is 8.34. The van der Waals surface area contributed by atoms with Gasteiger partial charge in [0.05, 0.1) is 11.4 Å². The Morgan fingerprint density at radius 3 is 2.67 bits per heavy atom. The Labute approximate surface area is 164 Å². The smallest absolute Gasteiger partial charge is 0.317 e. The van der Waals surface area contributed by atoms with E-state index in [2.05, 4.69) is 5.32 Å². The molecule has 1 aliphatic heterocycles. The summed E-state index contributed by atoms with van der Waals surface area (Å²) in [5.74, 6) is -1.14. The van der Waals surface area contributed by atoms with E-state index in [1.165, 1.54) is 11.3 Å². The maximum Gasteiger partial charge on any atom is 0.317 e. The second-order valence-electron chi connectivity index (χ2n) is 7.39. The van der Waals surface area contributed by atoms with Gasteiger partial charge in [0, 0.05) is 19.1 Å². The summed E-state index contributed by atoms with van der Waals surface area (Å²) in [4.78, 5) is 40.6. The molecule has 2 N–H and O–H groups in total. The van der Waals surface area contributed by atoms with E-state index in [1.807, 2.05) is 42.1 Å². The number of carbonyl (C=O) groups is 3. The summed E-state index contributed by atoms with van der Waals surface area (Å²) in [5.41, 5.74) is 0. The van der Waals surface area contributed by atoms with Crippen LogP contribution >= 0.6 is 11.3 Å². The number of hydrogen-bond acceptors (Lipinski definition) is 5. The van der Waals surface area contributed by atoms with Gasteiger partial charge in [-0.3, -0.25) is 19.3 Å². The van der Waals surface area contributed by atoms with E-state index in [0.717, 1.165) is 19.3 Å². The molecule has 0 saturated carbocycles. The van der Waals surface area contributed by atoms with Crippen molar-refractivity contribution in [1.82, 2.24) is 15.1 Å². The molecular formula is C19H29N3O4S. The van der Waals surface area contributed by atoms with Crippen LogP contribution in [-0.4, -0.2) is 71.5 Å². The highest BCUT2D eigenvalue weighted by Crippen LogP contribution is 2.18. The molecule has 1 aromatic rings. The lowest BCUT2D eigenvalue weighted by molar-refractivity contribution is -0.139. The zero-order valence-electron chi connectivity index (χ0n) is 16.2. The summed E-state index contributed by atoms with van der Waals surface area (Å²) in [7, 11) is 1.81. The maximum absolute atomic E-state index is 13.1. The molecular weight excluding hydrogens is 366 g/mol. The zero-order chi connectivity index (χ0) is 20.0. The van der Waals surface area contributed by atoms with Crippen molar-refractivity contribution >= 4 is 29.1 Å². The van der Waals surface area contributed by atoms with Gasteiger partial charge in [0.2, 0.25) is 5.91 Å². The predicted molar refractivity (Wildman–Crippen MR) is 105 cm³/mol. The van der Waals surface area contributed by atoms with E-state index in [1.54, 1.807) is 6.07 Å². The van der Waals surface area contributed by atoms with E-state index in [9.17, 15) is 14.4 Å². The van der Waals surface area contributed by atoms with Crippen molar-refractivity contribution in [3.8, 4) is 0 Å². The molecule has 2 amide bonds. The standard InChI is InChI=1S/C19H29N3O4S/c1-13(2)17(20-18(25)15-7-5-11-27-15)19(26)22-9-4-6-14(8-10-22)21(3)12-16(23)24/h5,7,11,13-14,17H,4,6,8-10,12H2,1-3H3,(H,20,25)(H,23,24). The third kappa shape index (κ3) is 6.04. The Morgan fingerprint density at radius 1 is 1.33 bits per heavy atom. The average molecular weight is 396 g/mol. The molecule has 2 atom stereocenters. The fourth-order valence-corrected chi connectivity index (χ4v) is 4.04. The van der Waals surface area contributed by atoms with E-state index in [0.29, 0.717) is 18.0 Å². The number of thiophene rings is 1. The fourth-order valence-electron chi connectivity index (χ4n) is 3.41. The summed E-state index contributed by atoms with van der Waals surface area (Å²) in [6, 6.07) is 3.15. The fraction of sp³-hybridized carbons (Fsp3) is 0.632. The van der Waals surface area contributed by atoms with E-state index in [4.69, 9.17) is 5.11 Å². The van der Waals surface area contributed by atoms with Crippen molar-refractivity contribution in [1.29, 1.82) is 0 Å². The Kier molecular flexibility index (Phi) is 7.79. The van der Waals surface area contributed by atoms with E-state index in [-0.39, 0.29) is 30.3 Å². The SMILES string of the molecule is CC(C)C(NC(=O)c1cccs1)C(=O)N1CCCC(N(C)CC(=O)O)CC1. The van der Waals surface area contributed by atoms with Crippen LogP contribution in [-0.2, 0) is 9.59 Å². The zero-order valence-corrected chi connectivity index (χ0v) is 17.0. The van der Waals surface area contributed by atoms with Gasteiger partial charge in [-0.2, -0.15) is 0 Å². The first-order chi connectivity index (χ1) is 12.8. The van der Waals surface area contributed by atoms with Crippen LogP contribution in [0.1, 0.15) is 42.8 Å². The van der Waals surface area contributed by atoms with Gasteiger partial charge in [0.1, 0.15) is 6.04 Å². The lowest BCUT2D eigenvalue weighted by atomic mass is 10.0. The minimum atomic E-state index is -0.842. The Bertz CT molecular complexity index is 647. The minimum Gasteiger partial charge on any atom is -0.480 e. The molecule has 2 rings (SSSR count). The van der Waals surface area contributed by atoms with E-state index >= 15 is 0 Å². The Hall–Kier alpha value is -1.93. The molecule has 27 heavy (non-hydrogen) atoms. The van der Waals surface area contributed by atoms with Crippen LogP contribution in [0.5, 0.6) is 0 Å².